The second-order valence-electron chi connectivity index (χ2n) is 5.72. The number of hydrogen-bond acceptors (Lipinski definition) is 3. The Morgan fingerprint density at radius 1 is 1.27 bits per heavy atom. The van der Waals surface area contributed by atoms with Gasteiger partial charge in [-0.25, -0.2) is 4.68 Å². The topological polar surface area (TPSA) is 59.0 Å². The molecule has 5 nitrogen and oxygen atoms in total. The van der Waals surface area contributed by atoms with Crippen molar-refractivity contribution in [3.8, 4) is 5.69 Å². The van der Waals surface area contributed by atoms with Crippen LogP contribution in [0.1, 0.15) is 24.8 Å². The largest absolute Gasteiger partial charge is 0.353 e. The van der Waals surface area contributed by atoms with E-state index in [0.717, 1.165) is 43.6 Å². The number of nitrogens with one attached hydrogen (secondary N) is 2. The first-order valence-corrected chi connectivity index (χ1v) is 7.90. The normalized spacial score (nSPS) is 15.6. The second kappa shape index (κ2) is 7.22. The lowest BCUT2D eigenvalue weighted by Crippen LogP contribution is -2.42. The van der Waals surface area contributed by atoms with Gasteiger partial charge in [0.25, 0.3) is 0 Å². The molecule has 1 amide bonds. The van der Waals surface area contributed by atoms with Gasteiger partial charge in [0.1, 0.15) is 0 Å². The molecule has 2 aromatic rings. The van der Waals surface area contributed by atoms with Crippen LogP contribution < -0.4 is 10.6 Å². The second-order valence-corrected chi connectivity index (χ2v) is 5.72. The number of benzene rings is 1. The Bertz CT molecular complexity index is 602. The quantitative estimate of drug-likeness (QED) is 0.883. The van der Waals surface area contributed by atoms with Gasteiger partial charge in [-0.15, -0.1) is 0 Å². The molecule has 1 aromatic carbocycles. The number of aryl methyl sites for hydroxylation is 1. The van der Waals surface area contributed by atoms with E-state index in [9.17, 15) is 4.79 Å². The molecule has 22 heavy (non-hydrogen) atoms. The number of piperidine rings is 1. The van der Waals surface area contributed by atoms with Gasteiger partial charge < -0.3 is 10.6 Å². The average Bonchev–Trinajstić information content (AvgIpc) is 3.04. The highest BCUT2D eigenvalue weighted by atomic mass is 16.1. The number of para-hydroxylation sites is 1. The SMILES string of the molecule is O=C(CCc1cnn(-c2ccccc2)c1)NC1CCNCC1. The maximum Gasteiger partial charge on any atom is 0.220 e. The molecule has 5 heteroatoms. The minimum Gasteiger partial charge on any atom is -0.353 e. The average molecular weight is 298 g/mol. The van der Waals surface area contributed by atoms with Crippen LogP contribution in [0.15, 0.2) is 42.7 Å². The fourth-order valence-electron chi connectivity index (χ4n) is 2.74. The predicted octanol–water partition coefficient (Wildman–Crippen LogP) is 1.67. The molecule has 1 fully saturated rings. The van der Waals surface area contributed by atoms with Crippen molar-refractivity contribution in [3.05, 3.63) is 48.3 Å². The number of rotatable bonds is 5. The molecular weight excluding hydrogens is 276 g/mol. The Morgan fingerprint density at radius 2 is 2.05 bits per heavy atom. The Kier molecular flexibility index (Phi) is 4.85. The number of nitrogens with zero attached hydrogens (tertiary/aromatic N) is 2. The number of amides is 1. The summed E-state index contributed by atoms with van der Waals surface area (Å²) in [6, 6.07) is 10.3. The van der Waals surface area contributed by atoms with Crippen LogP contribution in [0.2, 0.25) is 0 Å². The predicted molar refractivity (Wildman–Crippen MR) is 85.9 cm³/mol. The molecule has 2 N–H and O–H groups in total. The Labute approximate surface area is 130 Å². The molecule has 116 valence electrons. The van der Waals surface area contributed by atoms with Crippen molar-refractivity contribution in [1.82, 2.24) is 20.4 Å². The molecule has 0 spiro atoms. The summed E-state index contributed by atoms with van der Waals surface area (Å²) in [4.78, 5) is 12.0. The summed E-state index contributed by atoms with van der Waals surface area (Å²) < 4.78 is 1.85. The van der Waals surface area contributed by atoms with E-state index in [1.54, 1.807) is 0 Å². The highest BCUT2D eigenvalue weighted by Gasteiger charge is 2.15. The van der Waals surface area contributed by atoms with E-state index in [0.29, 0.717) is 12.5 Å². The van der Waals surface area contributed by atoms with Crippen molar-refractivity contribution in [2.45, 2.75) is 31.7 Å². The van der Waals surface area contributed by atoms with Crippen molar-refractivity contribution < 1.29 is 4.79 Å². The van der Waals surface area contributed by atoms with Gasteiger partial charge in [-0.1, -0.05) is 18.2 Å². The zero-order valence-corrected chi connectivity index (χ0v) is 12.7. The number of carbonyl (C=O) groups excluding carboxylic acids is 1. The van der Waals surface area contributed by atoms with Gasteiger partial charge in [0, 0.05) is 18.7 Å². The van der Waals surface area contributed by atoms with Gasteiger partial charge in [-0.05, 0) is 50.0 Å². The molecular formula is C17H22N4O. The molecule has 1 aliphatic rings. The minimum absolute atomic E-state index is 0.138. The molecule has 0 aliphatic carbocycles. The molecule has 0 unspecified atom stereocenters. The van der Waals surface area contributed by atoms with Gasteiger partial charge >= 0.3 is 0 Å². The zero-order chi connectivity index (χ0) is 15.2. The van der Waals surface area contributed by atoms with Crippen molar-refractivity contribution in [2.24, 2.45) is 0 Å². The van der Waals surface area contributed by atoms with E-state index < -0.39 is 0 Å². The van der Waals surface area contributed by atoms with Gasteiger partial charge in [-0.3, -0.25) is 4.79 Å². The van der Waals surface area contributed by atoms with Gasteiger partial charge in [0.15, 0.2) is 0 Å². The Morgan fingerprint density at radius 3 is 2.82 bits per heavy atom. The zero-order valence-electron chi connectivity index (χ0n) is 12.7. The van der Waals surface area contributed by atoms with Gasteiger partial charge in [-0.2, -0.15) is 5.10 Å². The van der Waals surface area contributed by atoms with E-state index in [1.165, 1.54) is 0 Å². The van der Waals surface area contributed by atoms with Crippen molar-refractivity contribution >= 4 is 5.91 Å². The summed E-state index contributed by atoms with van der Waals surface area (Å²) in [5, 5.41) is 10.8. The maximum absolute atomic E-state index is 12.0. The monoisotopic (exact) mass is 298 g/mol. The summed E-state index contributed by atoms with van der Waals surface area (Å²) in [5.74, 6) is 0.138. The molecule has 0 atom stereocenters. The highest BCUT2D eigenvalue weighted by Crippen LogP contribution is 2.09. The standard InChI is InChI=1S/C17H22N4O/c22-17(20-15-8-10-18-11-9-15)7-6-14-12-19-21(13-14)16-4-2-1-3-5-16/h1-5,12-13,15,18H,6-11H2,(H,20,22). The highest BCUT2D eigenvalue weighted by molar-refractivity contribution is 5.76. The van der Waals surface area contributed by atoms with Crippen LogP contribution in [0.25, 0.3) is 5.69 Å². The molecule has 1 aliphatic heterocycles. The first-order chi connectivity index (χ1) is 10.8. The summed E-state index contributed by atoms with van der Waals surface area (Å²) in [6.45, 7) is 1.99. The molecule has 0 bridgehead atoms. The molecule has 0 radical (unpaired) electrons. The smallest absolute Gasteiger partial charge is 0.220 e. The van der Waals surface area contributed by atoms with Crippen LogP contribution >= 0.6 is 0 Å². The number of aromatic nitrogens is 2. The molecule has 1 aromatic heterocycles. The first-order valence-electron chi connectivity index (χ1n) is 7.90. The fourth-order valence-corrected chi connectivity index (χ4v) is 2.74. The lowest BCUT2D eigenvalue weighted by molar-refractivity contribution is -0.121. The van der Waals surface area contributed by atoms with Crippen LogP contribution in [0.3, 0.4) is 0 Å². The summed E-state index contributed by atoms with van der Waals surface area (Å²) >= 11 is 0. The summed E-state index contributed by atoms with van der Waals surface area (Å²) in [6.07, 6.45) is 7.13. The van der Waals surface area contributed by atoms with E-state index in [1.807, 2.05) is 47.4 Å². The lowest BCUT2D eigenvalue weighted by atomic mass is 10.1. The number of carbonyl (C=O) groups is 1. The van der Waals surface area contributed by atoms with Crippen molar-refractivity contribution in [1.29, 1.82) is 0 Å². The fraction of sp³-hybridized carbons (Fsp3) is 0.412. The van der Waals surface area contributed by atoms with Crippen LogP contribution in [-0.4, -0.2) is 34.8 Å². The summed E-state index contributed by atoms with van der Waals surface area (Å²) in [5.41, 5.74) is 2.12. The van der Waals surface area contributed by atoms with Crippen molar-refractivity contribution in [2.75, 3.05) is 13.1 Å². The van der Waals surface area contributed by atoms with Crippen molar-refractivity contribution in [3.63, 3.8) is 0 Å². The van der Waals surface area contributed by atoms with Crippen LogP contribution in [0.5, 0.6) is 0 Å². The molecule has 2 heterocycles. The molecule has 0 saturated carbocycles. The van der Waals surface area contributed by atoms with Gasteiger partial charge in [0.05, 0.1) is 11.9 Å². The first kappa shape index (κ1) is 14.8. The van der Waals surface area contributed by atoms with E-state index in [2.05, 4.69) is 15.7 Å². The minimum atomic E-state index is 0.138. The summed E-state index contributed by atoms with van der Waals surface area (Å²) in [7, 11) is 0. The van der Waals surface area contributed by atoms with Crippen LogP contribution in [0.4, 0.5) is 0 Å². The third kappa shape index (κ3) is 3.95. The number of hydrogen-bond donors (Lipinski definition) is 2. The van der Waals surface area contributed by atoms with E-state index in [4.69, 9.17) is 0 Å². The molecule has 3 rings (SSSR count). The Hall–Kier alpha value is -2.14. The van der Waals surface area contributed by atoms with E-state index in [-0.39, 0.29) is 5.91 Å². The third-order valence-electron chi connectivity index (χ3n) is 4.00. The molecule has 1 saturated heterocycles. The Balaban J connectivity index is 1.49. The lowest BCUT2D eigenvalue weighted by Gasteiger charge is -2.23. The van der Waals surface area contributed by atoms with E-state index >= 15 is 0 Å². The maximum atomic E-state index is 12.0. The van der Waals surface area contributed by atoms with Gasteiger partial charge in [0.2, 0.25) is 5.91 Å². The van der Waals surface area contributed by atoms with Crippen LogP contribution in [0, 0.1) is 0 Å². The third-order valence-corrected chi connectivity index (χ3v) is 4.00. The van der Waals surface area contributed by atoms with Crippen LogP contribution in [-0.2, 0) is 11.2 Å².